The fraction of sp³-hybridized carbons (Fsp3) is 0.667. The molecule has 1 aliphatic carbocycles. The minimum absolute atomic E-state index is 0.492. The first-order valence-corrected chi connectivity index (χ1v) is 10.1. The van der Waals surface area contributed by atoms with Gasteiger partial charge >= 0.3 is 0 Å². The summed E-state index contributed by atoms with van der Waals surface area (Å²) in [6.07, 6.45) is 5.31. The Morgan fingerprint density at radius 1 is 1.15 bits per heavy atom. The van der Waals surface area contributed by atoms with Gasteiger partial charge in [-0.2, -0.15) is 0 Å². The van der Waals surface area contributed by atoms with E-state index in [4.69, 9.17) is 4.74 Å². The van der Waals surface area contributed by atoms with Gasteiger partial charge in [0.15, 0.2) is 5.96 Å². The van der Waals surface area contributed by atoms with Crippen LogP contribution in [0, 0.1) is 5.41 Å². The van der Waals surface area contributed by atoms with Crippen molar-refractivity contribution >= 4 is 5.96 Å². The molecule has 144 valence electrons. The van der Waals surface area contributed by atoms with Gasteiger partial charge in [-0.1, -0.05) is 37.6 Å². The summed E-state index contributed by atoms with van der Waals surface area (Å²) in [4.78, 5) is 6.88. The highest BCUT2D eigenvalue weighted by Crippen LogP contribution is 2.42. The molecule has 2 aliphatic rings. The van der Waals surface area contributed by atoms with Gasteiger partial charge in [-0.15, -0.1) is 0 Å². The normalized spacial score (nSPS) is 20.5. The summed E-state index contributed by atoms with van der Waals surface area (Å²) in [7, 11) is 1.86. The maximum absolute atomic E-state index is 5.46. The van der Waals surface area contributed by atoms with Crippen molar-refractivity contribution in [1.82, 2.24) is 15.5 Å². The smallest absolute Gasteiger partial charge is 0.191 e. The van der Waals surface area contributed by atoms with Crippen LogP contribution in [0.1, 0.15) is 43.7 Å². The quantitative estimate of drug-likeness (QED) is 0.581. The summed E-state index contributed by atoms with van der Waals surface area (Å²) in [5.74, 6) is 0.908. The van der Waals surface area contributed by atoms with Gasteiger partial charge < -0.3 is 15.4 Å². The van der Waals surface area contributed by atoms with E-state index in [0.717, 1.165) is 51.9 Å². The summed E-state index contributed by atoms with van der Waals surface area (Å²) in [5, 5.41) is 7.05. The van der Waals surface area contributed by atoms with Crippen LogP contribution in [0.2, 0.25) is 0 Å². The van der Waals surface area contributed by atoms with Crippen LogP contribution in [-0.2, 0) is 17.8 Å². The monoisotopic (exact) mass is 358 g/mol. The molecule has 26 heavy (non-hydrogen) atoms. The van der Waals surface area contributed by atoms with Gasteiger partial charge in [0.25, 0.3) is 0 Å². The fourth-order valence-corrected chi connectivity index (χ4v) is 3.89. The molecular formula is C21H34N4O. The zero-order valence-corrected chi connectivity index (χ0v) is 16.4. The molecule has 0 unspecified atom stereocenters. The molecule has 1 aromatic carbocycles. The predicted octanol–water partition coefficient (Wildman–Crippen LogP) is 2.76. The Labute approximate surface area is 158 Å². The number of guanidine groups is 1. The molecule has 5 heteroatoms. The van der Waals surface area contributed by atoms with Crippen LogP contribution in [0.5, 0.6) is 0 Å². The number of rotatable bonds is 7. The first-order chi connectivity index (χ1) is 12.7. The summed E-state index contributed by atoms with van der Waals surface area (Å²) < 4.78 is 5.46. The van der Waals surface area contributed by atoms with Gasteiger partial charge in [-0.25, -0.2) is 0 Å². The molecule has 1 aliphatic heterocycles. The van der Waals surface area contributed by atoms with E-state index >= 15 is 0 Å². The zero-order chi connectivity index (χ0) is 18.2. The second kappa shape index (κ2) is 9.38. The predicted molar refractivity (Wildman–Crippen MR) is 107 cm³/mol. The van der Waals surface area contributed by atoms with Gasteiger partial charge in [0, 0.05) is 39.8 Å². The molecule has 0 radical (unpaired) electrons. The first kappa shape index (κ1) is 19.2. The molecule has 0 aromatic heterocycles. The Bertz CT molecular complexity index is 586. The largest absolute Gasteiger partial charge is 0.379 e. The topological polar surface area (TPSA) is 48.9 Å². The Morgan fingerprint density at radius 3 is 2.50 bits per heavy atom. The minimum Gasteiger partial charge on any atom is -0.379 e. The second-order valence-electron chi connectivity index (χ2n) is 7.64. The lowest BCUT2D eigenvalue weighted by atomic mass is 9.67. The molecule has 0 spiro atoms. The van der Waals surface area contributed by atoms with Crippen molar-refractivity contribution in [2.45, 2.75) is 45.7 Å². The van der Waals surface area contributed by atoms with Crippen molar-refractivity contribution < 1.29 is 4.74 Å². The Balaban J connectivity index is 1.52. The molecule has 2 N–H and O–H groups in total. The number of ether oxygens (including phenoxy) is 1. The SMILES string of the molecule is CCC1(CNC(=NC)NCc2ccccc2CN2CCOCC2)CCC1. The second-order valence-corrected chi connectivity index (χ2v) is 7.64. The third-order valence-electron chi connectivity index (χ3n) is 6.08. The van der Waals surface area contributed by atoms with E-state index in [1.807, 2.05) is 7.05 Å². The number of hydrogen-bond donors (Lipinski definition) is 2. The van der Waals surface area contributed by atoms with Gasteiger partial charge in [0.05, 0.1) is 13.2 Å². The van der Waals surface area contributed by atoms with E-state index in [0.29, 0.717) is 5.41 Å². The van der Waals surface area contributed by atoms with Crippen LogP contribution in [0.3, 0.4) is 0 Å². The van der Waals surface area contributed by atoms with Crippen molar-refractivity contribution in [1.29, 1.82) is 0 Å². The van der Waals surface area contributed by atoms with E-state index in [9.17, 15) is 0 Å². The summed E-state index contributed by atoms with van der Waals surface area (Å²) in [6.45, 7) is 8.85. The molecule has 1 heterocycles. The Hall–Kier alpha value is -1.59. The average Bonchev–Trinajstić information content (AvgIpc) is 2.65. The van der Waals surface area contributed by atoms with Crippen LogP contribution < -0.4 is 10.6 Å². The summed E-state index contributed by atoms with van der Waals surface area (Å²) in [6, 6.07) is 8.71. The molecule has 1 aromatic rings. The molecule has 3 rings (SSSR count). The van der Waals surface area contributed by atoms with E-state index < -0.39 is 0 Å². The van der Waals surface area contributed by atoms with E-state index in [2.05, 4.69) is 51.7 Å². The number of aliphatic imine (C=N–C) groups is 1. The van der Waals surface area contributed by atoms with Crippen molar-refractivity contribution in [3.8, 4) is 0 Å². The van der Waals surface area contributed by atoms with Crippen molar-refractivity contribution in [2.75, 3.05) is 39.9 Å². The van der Waals surface area contributed by atoms with Gasteiger partial charge in [-0.05, 0) is 35.8 Å². The van der Waals surface area contributed by atoms with Crippen LogP contribution in [0.25, 0.3) is 0 Å². The average molecular weight is 359 g/mol. The van der Waals surface area contributed by atoms with Crippen LogP contribution in [-0.4, -0.2) is 50.8 Å². The highest BCUT2D eigenvalue weighted by atomic mass is 16.5. The molecule has 1 saturated carbocycles. The first-order valence-electron chi connectivity index (χ1n) is 10.1. The van der Waals surface area contributed by atoms with E-state index in [1.54, 1.807) is 0 Å². The molecule has 0 bridgehead atoms. The third kappa shape index (κ3) is 4.98. The lowest BCUT2D eigenvalue weighted by Crippen LogP contribution is -2.46. The molecule has 1 saturated heterocycles. The van der Waals surface area contributed by atoms with Crippen molar-refractivity contribution in [3.63, 3.8) is 0 Å². The molecule has 0 atom stereocenters. The molecule has 5 nitrogen and oxygen atoms in total. The number of morpholine rings is 1. The third-order valence-corrected chi connectivity index (χ3v) is 6.08. The lowest BCUT2D eigenvalue weighted by molar-refractivity contribution is 0.0341. The van der Waals surface area contributed by atoms with Crippen LogP contribution in [0.4, 0.5) is 0 Å². The Morgan fingerprint density at radius 2 is 1.88 bits per heavy atom. The van der Waals surface area contributed by atoms with Crippen LogP contribution >= 0.6 is 0 Å². The molecule has 0 amide bonds. The van der Waals surface area contributed by atoms with Crippen molar-refractivity contribution in [3.05, 3.63) is 35.4 Å². The summed E-state index contributed by atoms with van der Waals surface area (Å²) >= 11 is 0. The minimum atomic E-state index is 0.492. The highest BCUT2D eigenvalue weighted by molar-refractivity contribution is 5.79. The highest BCUT2D eigenvalue weighted by Gasteiger charge is 2.34. The lowest BCUT2D eigenvalue weighted by Gasteiger charge is -2.41. The van der Waals surface area contributed by atoms with Crippen LogP contribution in [0.15, 0.2) is 29.3 Å². The van der Waals surface area contributed by atoms with Crippen molar-refractivity contribution in [2.24, 2.45) is 10.4 Å². The molecular weight excluding hydrogens is 324 g/mol. The summed E-state index contributed by atoms with van der Waals surface area (Å²) in [5.41, 5.74) is 3.23. The van der Waals surface area contributed by atoms with Gasteiger partial charge in [0.2, 0.25) is 0 Å². The fourth-order valence-electron chi connectivity index (χ4n) is 3.89. The molecule has 2 fully saturated rings. The van der Waals surface area contributed by atoms with Gasteiger partial charge in [0.1, 0.15) is 0 Å². The van der Waals surface area contributed by atoms with Gasteiger partial charge in [-0.3, -0.25) is 9.89 Å². The maximum atomic E-state index is 5.46. The van der Waals surface area contributed by atoms with E-state index in [1.165, 1.54) is 36.8 Å². The van der Waals surface area contributed by atoms with E-state index in [-0.39, 0.29) is 0 Å². The Kier molecular flexibility index (Phi) is 6.92. The number of hydrogen-bond acceptors (Lipinski definition) is 3. The standard InChI is InChI=1S/C21H34N4O/c1-3-21(9-6-10-21)17-24-20(22-2)23-15-18-7-4-5-8-19(18)16-25-11-13-26-14-12-25/h4-5,7-8H,3,6,9-17H2,1-2H3,(H2,22,23,24). The number of nitrogens with one attached hydrogen (secondary N) is 2. The zero-order valence-electron chi connectivity index (χ0n) is 16.4. The maximum Gasteiger partial charge on any atom is 0.191 e. The number of nitrogens with zero attached hydrogens (tertiary/aromatic N) is 2. The number of benzene rings is 1.